The highest BCUT2D eigenvalue weighted by Gasteiger charge is 2.08. The van der Waals surface area contributed by atoms with Gasteiger partial charge in [0, 0.05) is 12.2 Å². The van der Waals surface area contributed by atoms with Crippen LogP contribution in [0.3, 0.4) is 0 Å². The Morgan fingerprint density at radius 2 is 2.00 bits per heavy atom. The Morgan fingerprint density at radius 3 is 2.62 bits per heavy atom. The molecule has 112 valence electrons. The van der Waals surface area contributed by atoms with Crippen LogP contribution in [0.25, 0.3) is 0 Å². The molecule has 0 amide bonds. The summed E-state index contributed by atoms with van der Waals surface area (Å²) >= 11 is 11.4. The molecule has 0 aliphatic carbocycles. The van der Waals surface area contributed by atoms with Gasteiger partial charge in [0.2, 0.25) is 0 Å². The topological polar surface area (TPSA) is 41.9 Å². The van der Waals surface area contributed by atoms with E-state index < -0.39 is 0 Å². The summed E-state index contributed by atoms with van der Waals surface area (Å²) in [5.41, 5.74) is 3.21. The molecule has 0 aliphatic heterocycles. The zero-order valence-electron chi connectivity index (χ0n) is 12.2. The molecule has 4 nitrogen and oxygen atoms in total. The summed E-state index contributed by atoms with van der Waals surface area (Å²) in [6.07, 6.45) is 2.69. The maximum absolute atomic E-state index is 6.11. The molecule has 0 saturated carbocycles. The summed E-state index contributed by atoms with van der Waals surface area (Å²) in [5, 5.41) is 11.7. The summed E-state index contributed by atoms with van der Waals surface area (Å²) in [7, 11) is 0. The van der Waals surface area contributed by atoms with Gasteiger partial charge in [-0.05, 0) is 43.3 Å². The lowest BCUT2D eigenvalue weighted by atomic mass is 10.1. The van der Waals surface area contributed by atoms with Crippen LogP contribution in [0.15, 0.2) is 30.5 Å². The maximum Gasteiger partial charge on any atom is 0.171 e. The van der Waals surface area contributed by atoms with E-state index in [1.54, 1.807) is 6.20 Å². The summed E-state index contributed by atoms with van der Waals surface area (Å²) < 4.78 is 1.86. The van der Waals surface area contributed by atoms with Gasteiger partial charge >= 0.3 is 0 Å². The van der Waals surface area contributed by atoms with Gasteiger partial charge in [0.25, 0.3) is 0 Å². The minimum atomic E-state index is 0.547. The molecule has 6 heteroatoms. The van der Waals surface area contributed by atoms with Crippen molar-refractivity contribution in [2.45, 2.75) is 33.4 Å². The molecule has 0 unspecified atom stereocenters. The van der Waals surface area contributed by atoms with Crippen LogP contribution in [0.2, 0.25) is 5.02 Å². The van der Waals surface area contributed by atoms with Crippen LogP contribution < -0.4 is 10.6 Å². The predicted molar refractivity (Wildman–Crippen MR) is 91.8 cm³/mol. The van der Waals surface area contributed by atoms with Gasteiger partial charge < -0.3 is 10.6 Å². The Balaban J connectivity index is 1.91. The third-order valence-corrected chi connectivity index (χ3v) is 3.80. The standard InChI is InChI=1S/C15H19ClN4S/c1-3-11-5-7-12(8-6-11)19-15(21)17-10-14-13(16)9-18-20(14)4-2/h5-9H,3-4,10H2,1-2H3,(H2,17,19,21). The molecule has 0 fully saturated rings. The van der Waals surface area contributed by atoms with Crippen molar-refractivity contribution in [3.8, 4) is 0 Å². The molecule has 2 N–H and O–H groups in total. The minimum absolute atomic E-state index is 0.547. The van der Waals surface area contributed by atoms with E-state index >= 15 is 0 Å². The molecular weight excluding hydrogens is 304 g/mol. The highest BCUT2D eigenvalue weighted by Crippen LogP contribution is 2.15. The largest absolute Gasteiger partial charge is 0.357 e. The zero-order valence-corrected chi connectivity index (χ0v) is 13.8. The molecule has 0 atom stereocenters. The van der Waals surface area contributed by atoms with E-state index in [0.29, 0.717) is 16.7 Å². The molecule has 0 saturated heterocycles. The number of anilines is 1. The van der Waals surface area contributed by atoms with Crippen molar-refractivity contribution < 1.29 is 0 Å². The fourth-order valence-corrected chi connectivity index (χ4v) is 2.40. The van der Waals surface area contributed by atoms with Crippen molar-refractivity contribution in [2.24, 2.45) is 0 Å². The van der Waals surface area contributed by atoms with Gasteiger partial charge in [-0.25, -0.2) is 0 Å². The van der Waals surface area contributed by atoms with Crippen molar-refractivity contribution in [3.63, 3.8) is 0 Å². The van der Waals surface area contributed by atoms with Crippen molar-refractivity contribution in [3.05, 3.63) is 46.7 Å². The van der Waals surface area contributed by atoms with Crippen LogP contribution in [0, 0.1) is 0 Å². The maximum atomic E-state index is 6.11. The van der Waals surface area contributed by atoms with E-state index in [4.69, 9.17) is 23.8 Å². The van der Waals surface area contributed by atoms with Gasteiger partial charge in [-0.2, -0.15) is 5.10 Å². The quantitative estimate of drug-likeness (QED) is 0.825. The Hall–Kier alpha value is -1.59. The highest BCUT2D eigenvalue weighted by atomic mass is 35.5. The minimum Gasteiger partial charge on any atom is -0.357 e. The lowest BCUT2D eigenvalue weighted by molar-refractivity contribution is 0.614. The number of thiocarbonyl (C=S) groups is 1. The Bertz CT molecular complexity index is 607. The second-order valence-electron chi connectivity index (χ2n) is 4.61. The van der Waals surface area contributed by atoms with E-state index in [-0.39, 0.29) is 0 Å². The first-order chi connectivity index (χ1) is 10.1. The van der Waals surface area contributed by atoms with E-state index in [2.05, 4.69) is 34.8 Å². The first-order valence-electron chi connectivity index (χ1n) is 6.98. The molecular formula is C15H19ClN4S. The molecule has 1 aromatic heterocycles. The van der Waals surface area contributed by atoms with Crippen LogP contribution in [0.4, 0.5) is 5.69 Å². The Morgan fingerprint density at radius 1 is 1.29 bits per heavy atom. The number of hydrogen-bond acceptors (Lipinski definition) is 2. The fraction of sp³-hybridized carbons (Fsp3) is 0.333. The van der Waals surface area contributed by atoms with E-state index in [1.165, 1.54) is 5.56 Å². The van der Waals surface area contributed by atoms with Gasteiger partial charge in [0.05, 0.1) is 23.5 Å². The van der Waals surface area contributed by atoms with Gasteiger partial charge in [0.15, 0.2) is 5.11 Å². The number of hydrogen-bond donors (Lipinski definition) is 2. The second-order valence-corrected chi connectivity index (χ2v) is 5.43. The monoisotopic (exact) mass is 322 g/mol. The number of nitrogens with one attached hydrogen (secondary N) is 2. The SMILES string of the molecule is CCc1ccc(NC(=S)NCc2c(Cl)cnn2CC)cc1. The lowest BCUT2D eigenvalue weighted by Gasteiger charge is -2.12. The molecule has 0 spiro atoms. The summed E-state index contributed by atoms with van der Waals surface area (Å²) in [5.74, 6) is 0. The molecule has 2 rings (SSSR count). The van der Waals surface area contributed by atoms with Crippen LogP contribution >= 0.6 is 23.8 Å². The molecule has 0 bridgehead atoms. The molecule has 0 aliphatic rings. The van der Waals surface area contributed by atoms with Crippen LogP contribution in [0.5, 0.6) is 0 Å². The third-order valence-electron chi connectivity index (χ3n) is 3.23. The Labute approximate surface area is 135 Å². The number of aromatic nitrogens is 2. The van der Waals surface area contributed by atoms with Crippen molar-refractivity contribution >= 4 is 34.6 Å². The van der Waals surface area contributed by atoms with E-state index in [0.717, 1.165) is 24.3 Å². The van der Waals surface area contributed by atoms with Crippen LogP contribution in [0.1, 0.15) is 25.1 Å². The zero-order chi connectivity index (χ0) is 15.2. The second kappa shape index (κ2) is 7.43. The average Bonchev–Trinajstić information content (AvgIpc) is 2.86. The van der Waals surface area contributed by atoms with Crippen LogP contribution in [-0.4, -0.2) is 14.9 Å². The molecule has 1 heterocycles. The summed E-state index contributed by atoms with van der Waals surface area (Å²) in [6.45, 7) is 5.49. The van der Waals surface area contributed by atoms with Gasteiger partial charge in [0.1, 0.15) is 0 Å². The molecule has 21 heavy (non-hydrogen) atoms. The number of halogens is 1. The lowest BCUT2D eigenvalue weighted by Crippen LogP contribution is -2.29. The van der Waals surface area contributed by atoms with Gasteiger partial charge in [-0.1, -0.05) is 30.7 Å². The smallest absolute Gasteiger partial charge is 0.171 e. The predicted octanol–water partition coefficient (Wildman–Crippen LogP) is 3.61. The first kappa shape index (κ1) is 15.8. The fourth-order valence-electron chi connectivity index (χ4n) is 2.00. The van der Waals surface area contributed by atoms with Crippen molar-refractivity contribution in [1.82, 2.24) is 15.1 Å². The molecule has 0 radical (unpaired) electrons. The number of rotatable bonds is 5. The normalized spacial score (nSPS) is 10.4. The number of aryl methyl sites for hydroxylation is 2. The van der Waals surface area contributed by atoms with E-state index in [1.807, 2.05) is 23.7 Å². The van der Waals surface area contributed by atoms with Crippen LogP contribution in [-0.2, 0) is 19.5 Å². The van der Waals surface area contributed by atoms with Gasteiger partial charge in [-0.3, -0.25) is 4.68 Å². The third kappa shape index (κ3) is 4.19. The number of nitrogens with zero attached hydrogens (tertiary/aromatic N) is 2. The van der Waals surface area contributed by atoms with Gasteiger partial charge in [-0.15, -0.1) is 0 Å². The molecule has 2 aromatic rings. The van der Waals surface area contributed by atoms with Crippen molar-refractivity contribution in [1.29, 1.82) is 0 Å². The van der Waals surface area contributed by atoms with E-state index in [9.17, 15) is 0 Å². The average molecular weight is 323 g/mol. The summed E-state index contributed by atoms with van der Waals surface area (Å²) in [6, 6.07) is 8.23. The number of benzene rings is 1. The highest BCUT2D eigenvalue weighted by molar-refractivity contribution is 7.80. The summed E-state index contributed by atoms with van der Waals surface area (Å²) in [4.78, 5) is 0. The Kier molecular flexibility index (Phi) is 5.59. The first-order valence-corrected chi connectivity index (χ1v) is 7.76. The van der Waals surface area contributed by atoms with Crippen molar-refractivity contribution in [2.75, 3.05) is 5.32 Å². The molecule has 1 aromatic carbocycles.